The van der Waals surface area contributed by atoms with Gasteiger partial charge in [-0.25, -0.2) is 9.37 Å². The summed E-state index contributed by atoms with van der Waals surface area (Å²) < 4.78 is 17.3. The lowest BCUT2D eigenvalue weighted by molar-refractivity contribution is 0.263. The zero-order chi connectivity index (χ0) is 16.5. The van der Waals surface area contributed by atoms with Crippen LogP contribution in [0.5, 0.6) is 5.88 Å². The predicted octanol–water partition coefficient (Wildman–Crippen LogP) is 2.42. The van der Waals surface area contributed by atoms with Crippen molar-refractivity contribution < 1.29 is 9.13 Å². The van der Waals surface area contributed by atoms with E-state index in [1.165, 1.54) is 0 Å². The molecule has 23 heavy (non-hydrogen) atoms. The Morgan fingerprint density at radius 3 is 3.13 bits per heavy atom. The van der Waals surface area contributed by atoms with E-state index in [2.05, 4.69) is 21.4 Å². The first-order valence-corrected chi connectivity index (χ1v) is 7.72. The van der Waals surface area contributed by atoms with E-state index < -0.39 is 6.67 Å². The van der Waals surface area contributed by atoms with Crippen molar-refractivity contribution in [3.05, 3.63) is 46.9 Å². The Kier molecular flexibility index (Phi) is 6.75. The average molecular weight is 318 g/mol. The molecule has 0 saturated carbocycles. The lowest BCUT2D eigenvalue weighted by Gasteiger charge is -2.14. The molecule has 0 bridgehead atoms. The molecule has 3 N–H and O–H groups in total. The van der Waals surface area contributed by atoms with Gasteiger partial charge in [-0.1, -0.05) is 6.08 Å². The second-order valence-electron chi connectivity index (χ2n) is 5.27. The number of dihydropyridines is 1. The number of aliphatic imine (C=N–C) groups is 1. The number of hydrogen-bond donors (Lipinski definition) is 2. The van der Waals surface area contributed by atoms with Gasteiger partial charge in [-0.05, 0) is 43.3 Å². The molecule has 0 aliphatic carbocycles. The second kappa shape index (κ2) is 9.05. The number of aromatic nitrogens is 1. The number of alkyl halides is 1. The molecule has 1 aromatic heterocycles. The van der Waals surface area contributed by atoms with Crippen LogP contribution < -0.4 is 15.8 Å². The maximum atomic E-state index is 12.1. The maximum Gasteiger partial charge on any atom is 0.216 e. The van der Waals surface area contributed by atoms with Crippen LogP contribution >= 0.6 is 0 Å². The smallest absolute Gasteiger partial charge is 0.216 e. The highest BCUT2D eigenvalue weighted by molar-refractivity contribution is 5.80. The highest BCUT2D eigenvalue weighted by Gasteiger charge is 2.06. The third-order valence-electron chi connectivity index (χ3n) is 3.42. The quantitative estimate of drug-likeness (QED) is 0.722. The second-order valence-corrected chi connectivity index (χ2v) is 5.27. The molecule has 0 fully saturated rings. The molecule has 0 aromatic carbocycles. The standard InChI is InChI=1S/C17H23FN4O/c1-13-9-14(11-22-17(13)23-8-5-18)10-20-12-15-3-2-7-21-16(15)4-6-19/h2,7,9,11-12,21H,3-6,8,10,19H2,1H3. The van der Waals surface area contributed by atoms with Crippen molar-refractivity contribution in [2.24, 2.45) is 10.7 Å². The van der Waals surface area contributed by atoms with E-state index in [0.29, 0.717) is 19.0 Å². The van der Waals surface area contributed by atoms with Crippen LogP contribution in [0.2, 0.25) is 0 Å². The van der Waals surface area contributed by atoms with Crippen molar-refractivity contribution in [1.29, 1.82) is 0 Å². The first-order valence-electron chi connectivity index (χ1n) is 7.72. The molecule has 0 spiro atoms. The van der Waals surface area contributed by atoms with Crippen LogP contribution in [0.15, 0.2) is 40.8 Å². The summed E-state index contributed by atoms with van der Waals surface area (Å²) in [6.07, 6.45) is 9.28. The van der Waals surface area contributed by atoms with E-state index in [9.17, 15) is 4.39 Å². The minimum absolute atomic E-state index is 0.0317. The van der Waals surface area contributed by atoms with Gasteiger partial charge in [0.25, 0.3) is 0 Å². The molecule has 2 heterocycles. The summed E-state index contributed by atoms with van der Waals surface area (Å²) in [4.78, 5) is 8.70. The number of rotatable bonds is 8. The summed E-state index contributed by atoms with van der Waals surface area (Å²) >= 11 is 0. The van der Waals surface area contributed by atoms with Crippen LogP contribution in [0.3, 0.4) is 0 Å². The molecule has 1 aliphatic rings. The van der Waals surface area contributed by atoms with E-state index in [4.69, 9.17) is 10.5 Å². The molecule has 124 valence electrons. The van der Waals surface area contributed by atoms with Crippen molar-refractivity contribution in [1.82, 2.24) is 10.3 Å². The normalized spacial score (nSPS) is 14.4. The van der Waals surface area contributed by atoms with Crippen molar-refractivity contribution >= 4 is 6.21 Å². The summed E-state index contributed by atoms with van der Waals surface area (Å²) in [6, 6.07) is 1.96. The first-order chi connectivity index (χ1) is 11.2. The number of ether oxygens (including phenoxy) is 1. The average Bonchev–Trinajstić information content (AvgIpc) is 2.56. The minimum atomic E-state index is -0.518. The third kappa shape index (κ3) is 5.17. The van der Waals surface area contributed by atoms with Gasteiger partial charge in [-0.15, -0.1) is 0 Å². The molecule has 1 aromatic rings. The molecule has 0 unspecified atom stereocenters. The van der Waals surface area contributed by atoms with Crippen LogP contribution in [0.25, 0.3) is 0 Å². The van der Waals surface area contributed by atoms with E-state index in [-0.39, 0.29) is 6.61 Å². The third-order valence-corrected chi connectivity index (χ3v) is 3.42. The molecule has 0 amide bonds. The molecule has 0 atom stereocenters. The van der Waals surface area contributed by atoms with Gasteiger partial charge >= 0.3 is 0 Å². The number of aryl methyl sites for hydroxylation is 1. The number of allylic oxidation sites excluding steroid dienone is 2. The van der Waals surface area contributed by atoms with Gasteiger partial charge in [0, 0.05) is 30.1 Å². The van der Waals surface area contributed by atoms with Gasteiger partial charge in [-0.3, -0.25) is 4.99 Å². The van der Waals surface area contributed by atoms with Gasteiger partial charge in [0.1, 0.15) is 13.3 Å². The van der Waals surface area contributed by atoms with Gasteiger partial charge in [-0.2, -0.15) is 0 Å². The monoisotopic (exact) mass is 318 g/mol. The molecule has 1 aliphatic heterocycles. The Labute approximate surface area is 136 Å². The summed E-state index contributed by atoms with van der Waals surface area (Å²) in [6.45, 7) is 2.56. The number of hydrogen-bond acceptors (Lipinski definition) is 5. The fourth-order valence-corrected chi connectivity index (χ4v) is 2.32. The molecular formula is C17H23FN4O. The van der Waals surface area contributed by atoms with Gasteiger partial charge in [0.05, 0.1) is 6.54 Å². The highest BCUT2D eigenvalue weighted by atomic mass is 19.1. The molecule has 0 radical (unpaired) electrons. The van der Waals surface area contributed by atoms with Gasteiger partial charge < -0.3 is 15.8 Å². The van der Waals surface area contributed by atoms with Crippen LogP contribution in [-0.4, -0.2) is 31.0 Å². The Balaban J connectivity index is 1.98. The summed E-state index contributed by atoms with van der Waals surface area (Å²) in [7, 11) is 0. The Bertz CT molecular complexity index is 611. The number of nitrogens with zero attached hydrogens (tertiary/aromatic N) is 2. The maximum absolute atomic E-state index is 12.1. The predicted molar refractivity (Wildman–Crippen MR) is 90.2 cm³/mol. The SMILES string of the molecule is Cc1cc(CN=CC2=C(CCN)NC=CC2)cnc1OCCF. The number of nitrogens with two attached hydrogens (primary N) is 1. The summed E-state index contributed by atoms with van der Waals surface area (Å²) in [5.74, 6) is 0.477. The van der Waals surface area contributed by atoms with E-state index in [0.717, 1.165) is 35.2 Å². The van der Waals surface area contributed by atoms with Crippen LogP contribution in [0, 0.1) is 6.92 Å². The van der Waals surface area contributed by atoms with Crippen molar-refractivity contribution in [3.63, 3.8) is 0 Å². The lowest BCUT2D eigenvalue weighted by Crippen LogP contribution is -2.16. The van der Waals surface area contributed by atoms with Gasteiger partial charge in [0.15, 0.2) is 0 Å². The van der Waals surface area contributed by atoms with Crippen LogP contribution in [-0.2, 0) is 6.54 Å². The molecule has 5 nitrogen and oxygen atoms in total. The van der Waals surface area contributed by atoms with E-state index in [1.54, 1.807) is 6.20 Å². The Morgan fingerprint density at radius 2 is 2.39 bits per heavy atom. The first kappa shape index (κ1) is 17.1. The van der Waals surface area contributed by atoms with Gasteiger partial charge in [0.2, 0.25) is 5.88 Å². The largest absolute Gasteiger partial charge is 0.475 e. The topological polar surface area (TPSA) is 72.5 Å². The number of pyridine rings is 1. The summed E-state index contributed by atoms with van der Waals surface area (Å²) in [5.41, 5.74) is 9.78. The van der Waals surface area contributed by atoms with Crippen molar-refractivity contribution in [3.8, 4) is 5.88 Å². The fourth-order valence-electron chi connectivity index (χ4n) is 2.32. The number of halogens is 1. The molecule has 0 saturated heterocycles. The highest BCUT2D eigenvalue weighted by Crippen LogP contribution is 2.17. The summed E-state index contributed by atoms with van der Waals surface area (Å²) in [5, 5.41) is 3.22. The van der Waals surface area contributed by atoms with Crippen LogP contribution in [0.1, 0.15) is 24.0 Å². The minimum Gasteiger partial charge on any atom is -0.475 e. The van der Waals surface area contributed by atoms with Crippen LogP contribution in [0.4, 0.5) is 4.39 Å². The fraction of sp³-hybridized carbons (Fsp3) is 0.412. The zero-order valence-corrected chi connectivity index (χ0v) is 13.4. The van der Waals surface area contributed by atoms with Crippen molar-refractivity contribution in [2.75, 3.05) is 19.8 Å². The number of nitrogens with one attached hydrogen (secondary N) is 1. The van der Waals surface area contributed by atoms with E-state index >= 15 is 0 Å². The molecular weight excluding hydrogens is 295 g/mol. The molecule has 6 heteroatoms. The van der Waals surface area contributed by atoms with E-state index in [1.807, 2.05) is 25.4 Å². The van der Waals surface area contributed by atoms with Crippen molar-refractivity contribution in [2.45, 2.75) is 26.3 Å². The Morgan fingerprint density at radius 1 is 1.52 bits per heavy atom. The zero-order valence-electron chi connectivity index (χ0n) is 13.4. The Hall–Kier alpha value is -2.21. The lowest BCUT2D eigenvalue weighted by atomic mass is 10.1. The molecule has 2 rings (SSSR count).